The Kier molecular flexibility index (Phi) is 5.38. The topological polar surface area (TPSA) is 68.3 Å². The number of hydrogen-bond acceptors (Lipinski definition) is 4. The van der Waals surface area contributed by atoms with Crippen molar-refractivity contribution in [2.24, 2.45) is 0 Å². The largest absolute Gasteiger partial charge is 0.492 e. The van der Waals surface area contributed by atoms with E-state index in [4.69, 9.17) is 4.74 Å². The molecule has 2 rings (SSSR count). The molecular formula is C16H20N2O3S. The highest BCUT2D eigenvalue weighted by atomic mass is 32.2. The zero-order valence-corrected chi connectivity index (χ0v) is 13.6. The lowest BCUT2D eigenvalue weighted by Crippen LogP contribution is -2.21. The van der Waals surface area contributed by atoms with E-state index in [1.165, 1.54) is 5.56 Å². The fraction of sp³-hybridized carbons (Fsp3) is 0.312. The molecule has 0 saturated carbocycles. The van der Waals surface area contributed by atoms with Gasteiger partial charge >= 0.3 is 0 Å². The van der Waals surface area contributed by atoms with Gasteiger partial charge in [0.15, 0.2) is 0 Å². The fourth-order valence-corrected chi connectivity index (χ4v) is 2.73. The average Bonchev–Trinajstić information content (AvgIpc) is 2.47. The number of nitrogens with zero attached hydrogens (tertiary/aromatic N) is 1. The number of benzene rings is 1. The van der Waals surface area contributed by atoms with Crippen molar-refractivity contribution in [3.63, 3.8) is 0 Å². The summed E-state index contributed by atoms with van der Waals surface area (Å²) in [6, 6.07) is 11.1. The Hall–Kier alpha value is -2.08. The Morgan fingerprint density at radius 1 is 1.18 bits per heavy atom. The molecule has 0 saturated heterocycles. The smallest absolute Gasteiger partial charge is 0.237 e. The number of pyridine rings is 1. The van der Waals surface area contributed by atoms with Gasteiger partial charge in [0.05, 0.1) is 0 Å². The summed E-state index contributed by atoms with van der Waals surface area (Å²) in [5.74, 6) is 0.867. The van der Waals surface area contributed by atoms with E-state index in [2.05, 4.69) is 16.6 Å². The molecule has 0 radical (unpaired) electrons. The zero-order valence-electron chi connectivity index (χ0n) is 12.7. The number of hydrogen-bond donors (Lipinski definition) is 1. The van der Waals surface area contributed by atoms with Gasteiger partial charge < -0.3 is 4.74 Å². The highest BCUT2D eigenvalue weighted by Crippen LogP contribution is 2.13. The first-order valence-corrected chi connectivity index (χ1v) is 8.78. The summed E-state index contributed by atoms with van der Waals surface area (Å²) in [6.45, 7) is 4.04. The van der Waals surface area contributed by atoms with Gasteiger partial charge in [-0.3, -0.25) is 4.72 Å². The average molecular weight is 320 g/mol. The van der Waals surface area contributed by atoms with Crippen molar-refractivity contribution in [3.8, 4) is 5.75 Å². The van der Waals surface area contributed by atoms with Crippen molar-refractivity contribution in [1.82, 2.24) is 4.98 Å². The van der Waals surface area contributed by atoms with E-state index in [1.807, 2.05) is 31.2 Å². The van der Waals surface area contributed by atoms with Crippen molar-refractivity contribution in [3.05, 3.63) is 53.7 Å². The van der Waals surface area contributed by atoms with Crippen LogP contribution >= 0.6 is 0 Å². The van der Waals surface area contributed by atoms with E-state index in [1.54, 1.807) is 18.3 Å². The van der Waals surface area contributed by atoms with Crippen LogP contribution in [0, 0.1) is 6.92 Å². The Morgan fingerprint density at radius 2 is 1.91 bits per heavy atom. The van der Waals surface area contributed by atoms with E-state index in [-0.39, 0.29) is 12.4 Å². The molecule has 1 aromatic carbocycles. The first-order chi connectivity index (χ1) is 10.5. The van der Waals surface area contributed by atoms with Crippen LogP contribution in [-0.4, -0.2) is 25.8 Å². The van der Waals surface area contributed by atoms with E-state index < -0.39 is 10.0 Å². The predicted molar refractivity (Wildman–Crippen MR) is 87.7 cm³/mol. The molecule has 0 unspecified atom stereocenters. The molecule has 1 N–H and O–H groups in total. The molecule has 0 aliphatic carbocycles. The summed E-state index contributed by atoms with van der Waals surface area (Å²) in [4.78, 5) is 3.98. The van der Waals surface area contributed by atoms with Gasteiger partial charge in [0.25, 0.3) is 0 Å². The van der Waals surface area contributed by atoms with Crippen molar-refractivity contribution in [1.29, 1.82) is 0 Å². The molecule has 0 aliphatic rings. The minimum absolute atomic E-state index is 0.0899. The zero-order chi connectivity index (χ0) is 16.0. The van der Waals surface area contributed by atoms with E-state index in [0.717, 1.165) is 12.0 Å². The van der Waals surface area contributed by atoms with Crippen LogP contribution in [0.4, 0.5) is 5.82 Å². The van der Waals surface area contributed by atoms with Crippen molar-refractivity contribution in [2.75, 3.05) is 17.1 Å². The molecule has 6 heteroatoms. The summed E-state index contributed by atoms with van der Waals surface area (Å²) in [7, 11) is -3.47. The van der Waals surface area contributed by atoms with Crippen LogP contribution in [0.25, 0.3) is 0 Å². The summed E-state index contributed by atoms with van der Waals surface area (Å²) < 4.78 is 31.8. The highest BCUT2D eigenvalue weighted by Gasteiger charge is 2.11. The van der Waals surface area contributed by atoms with Gasteiger partial charge in [0.1, 0.15) is 23.9 Å². The second-order valence-corrected chi connectivity index (χ2v) is 6.83. The normalized spacial score (nSPS) is 11.2. The molecule has 0 aliphatic heterocycles. The van der Waals surface area contributed by atoms with Crippen molar-refractivity contribution >= 4 is 15.8 Å². The van der Waals surface area contributed by atoms with Crippen molar-refractivity contribution in [2.45, 2.75) is 20.3 Å². The molecule has 0 atom stereocenters. The first-order valence-electron chi connectivity index (χ1n) is 7.13. The molecule has 0 amide bonds. The third-order valence-corrected chi connectivity index (χ3v) is 4.35. The molecular weight excluding hydrogens is 300 g/mol. The Morgan fingerprint density at radius 3 is 2.55 bits per heavy atom. The number of rotatable bonds is 7. The van der Waals surface area contributed by atoms with E-state index in [9.17, 15) is 8.42 Å². The Bertz CT molecular complexity index is 712. The van der Waals surface area contributed by atoms with Crippen LogP contribution < -0.4 is 9.46 Å². The second-order valence-electron chi connectivity index (χ2n) is 4.99. The van der Waals surface area contributed by atoms with Gasteiger partial charge in [0.2, 0.25) is 10.0 Å². The quantitative estimate of drug-likeness (QED) is 0.852. The van der Waals surface area contributed by atoms with Gasteiger partial charge in [-0.2, -0.15) is 0 Å². The van der Waals surface area contributed by atoms with Crippen LogP contribution in [-0.2, 0) is 16.4 Å². The van der Waals surface area contributed by atoms with Crippen LogP contribution in [0.5, 0.6) is 5.75 Å². The summed E-state index contributed by atoms with van der Waals surface area (Å²) >= 11 is 0. The lowest BCUT2D eigenvalue weighted by atomic mass is 10.2. The van der Waals surface area contributed by atoms with Gasteiger partial charge in [-0.1, -0.05) is 19.1 Å². The van der Waals surface area contributed by atoms with Crippen LogP contribution in [0.2, 0.25) is 0 Å². The Labute approximate surface area is 131 Å². The minimum Gasteiger partial charge on any atom is -0.492 e. The third-order valence-electron chi connectivity index (χ3n) is 3.13. The minimum atomic E-state index is -3.47. The highest BCUT2D eigenvalue weighted by molar-refractivity contribution is 7.92. The molecule has 0 bridgehead atoms. The fourth-order valence-electron chi connectivity index (χ4n) is 1.89. The Balaban J connectivity index is 1.86. The van der Waals surface area contributed by atoms with Gasteiger partial charge in [-0.15, -0.1) is 0 Å². The number of ether oxygens (including phenoxy) is 1. The predicted octanol–water partition coefficient (Wildman–Crippen LogP) is 2.77. The summed E-state index contributed by atoms with van der Waals surface area (Å²) in [5, 5.41) is 0. The van der Waals surface area contributed by atoms with Crippen LogP contribution in [0.15, 0.2) is 42.6 Å². The monoisotopic (exact) mass is 320 g/mol. The number of aryl methyl sites for hydroxylation is 2. The molecule has 1 aromatic heterocycles. The number of sulfonamides is 1. The molecule has 22 heavy (non-hydrogen) atoms. The van der Waals surface area contributed by atoms with Gasteiger partial charge in [0, 0.05) is 6.20 Å². The SMILES string of the molecule is CCc1ccc(OCCS(=O)(=O)Nc2cc(C)ccn2)cc1. The van der Waals surface area contributed by atoms with E-state index >= 15 is 0 Å². The molecule has 0 fully saturated rings. The van der Waals surface area contributed by atoms with Gasteiger partial charge in [-0.05, 0) is 48.7 Å². The maximum absolute atomic E-state index is 12.0. The second kappa shape index (κ2) is 7.26. The van der Waals surface area contributed by atoms with Crippen LogP contribution in [0.3, 0.4) is 0 Å². The lowest BCUT2D eigenvalue weighted by molar-refractivity contribution is 0.341. The van der Waals surface area contributed by atoms with E-state index in [0.29, 0.717) is 11.6 Å². The van der Waals surface area contributed by atoms with Crippen LogP contribution in [0.1, 0.15) is 18.1 Å². The third kappa shape index (κ3) is 5.04. The standard InChI is InChI=1S/C16H20N2O3S/c1-3-14-4-6-15(7-5-14)21-10-11-22(19,20)18-16-12-13(2)8-9-17-16/h4-9,12H,3,10-11H2,1-2H3,(H,17,18). The number of anilines is 1. The van der Waals surface area contributed by atoms with Crippen molar-refractivity contribution < 1.29 is 13.2 Å². The molecule has 118 valence electrons. The number of nitrogens with one attached hydrogen (secondary N) is 1. The molecule has 5 nitrogen and oxygen atoms in total. The maximum Gasteiger partial charge on any atom is 0.237 e. The summed E-state index contributed by atoms with van der Waals surface area (Å²) in [5.41, 5.74) is 2.16. The number of aromatic nitrogens is 1. The molecule has 2 aromatic rings. The van der Waals surface area contributed by atoms with Gasteiger partial charge in [-0.25, -0.2) is 13.4 Å². The lowest BCUT2D eigenvalue weighted by Gasteiger charge is -2.09. The first kappa shape index (κ1) is 16.3. The maximum atomic E-state index is 12.0. The summed E-state index contributed by atoms with van der Waals surface area (Å²) in [6.07, 6.45) is 2.53. The molecule has 0 spiro atoms. The molecule has 1 heterocycles.